The molecule has 1 fully saturated rings. The van der Waals surface area contributed by atoms with E-state index in [1.165, 1.54) is 0 Å². The lowest BCUT2D eigenvalue weighted by Crippen LogP contribution is -2.35. The van der Waals surface area contributed by atoms with Crippen molar-refractivity contribution in [1.29, 1.82) is 0 Å². The van der Waals surface area contributed by atoms with Crippen LogP contribution in [0, 0.1) is 6.92 Å². The van der Waals surface area contributed by atoms with Gasteiger partial charge in [0.15, 0.2) is 5.82 Å². The van der Waals surface area contributed by atoms with Crippen molar-refractivity contribution < 1.29 is 4.79 Å². The number of aromatic amines is 1. The number of aromatic nitrogens is 3. The molecule has 2 heterocycles. The molecule has 1 unspecified atom stereocenters. The second kappa shape index (κ2) is 7.10. The van der Waals surface area contributed by atoms with Crippen molar-refractivity contribution in [3.63, 3.8) is 0 Å². The smallest absolute Gasteiger partial charge is 0.234 e. The molecule has 0 bridgehead atoms. The van der Waals surface area contributed by atoms with Gasteiger partial charge in [0.2, 0.25) is 5.91 Å². The molecular formula is C16H20ClN5O. The van der Waals surface area contributed by atoms with Crippen molar-refractivity contribution in [3.8, 4) is 0 Å². The third-order valence-corrected chi connectivity index (χ3v) is 4.27. The molecule has 1 aromatic carbocycles. The fraction of sp³-hybridized carbons (Fsp3) is 0.438. The molecule has 1 aromatic heterocycles. The lowest BCUT2D eigenvalue weighted by Gasteiger charge is -2.15. The summed E-state index contributed by atoms with van der Waals surface area (Å²) in [5.74, 6) is 2.03. The number of H-pyrrole nitrogens is 1. The van der Waals surface area contributed by atoms with Crippen molar-refractivity contribution in [2.75, 3.05) is 19.6 Å². The molecule has 1 aliphatic heterocycles. The van der Waals surface area contributed by atoms with Crippen molar-refractivity contribution in [2.45, 2.75) is 25.8 Å². The lowest BCUT2D eigenvalue weighted by molar-refractivity contribution is -0.122. The Morgan fingerprint density at radius 2 is 2.22 bits per heavy atom. The molecule has 2 N–H and O–H groups in total. The van der Waals surface area contributed by atoms with Gasteiger partial charge in [0, 0.05) is 24.0 Å². The Labute approximate surface area is 140 Å². The molecule has 7 heteroatoms. The Morgan fingerprint density at radius 3 is 2.91 bits per heavy atom. The van der Waals surface area contributed by atoms with E-state index in [1.807, 2.05) is 31.2 Å². The minimum absolute atomic E-state index is 0.0340. The van der Waals surface area contributed by atoms with Crippen LogP contribution in [-0.4, -0.2) is 45.6 Å². The van der Waals surface area contributed by atoms with Crippen LogP contribution < -0.4 is 5.32 Å². The van der Waals surface area contributed by atoms with Crippen LogP contribution in [0.3, 0.4) is 0 Å². The van der Waals surface area contributed by atoms with Crippen LogP contribution in [0.25, 0.3) is 0 Å². The van der Waals surface area contributed by atoms with Gasteiger partial charge >= 0.3 is 0 Å². The number of rotatable bonds is 5. The van der Waals surface area contributed by atoms with Crippen molar-refractivity contribution in [3.05, 3.63) is 46.5 Å². The molecule has 1 aliphatic rings. The number of nitrogens with one attached hydrogen (secondary N) is 2. The highest BCUT2D eigenvalue weighted by Gasteiger charge is 2.27. The standard InChI is InChI=1S/C16H20ClN5O/c1-11-19-16(21-20-11)13-6-7-22(9-13)10-15(23)18-8-12-2-4-14(17)5-3-12/h2-5,13H,6-10H2,1H3,(H,18,23)(H,19,20,21). The van der Waals surface area contributed by atoms with E-state index in [1.54, 1.807) is 0 Å². The predicted octanol–water partition coefficient (Wildman–Crippen LogP) is 1.87. The summed E-state index contributed by atoms with van der Waals surface area (Å²) >= 11 is 5.85. The average molecular weight is 334 g/mol. The largest absolute Gasteiger partial charge is 0.351 e. The summed E-state index contributed by atoms with van der Waals surface area (Å²) in [7, 11) is 0. The highest BCUT2D eigenvalue weighted by molar-refractivity contribution is 6.30. The molecule has 0 radical (unpaired) electrons. The summed E-state index contributed by atoms with van der Waals surface area (Å²) in [6.45, 7) is 4.55. The van der Waals surface area contributed by atoms with Crippen LogP contribution in [0.1, 0.15) is 29.6 Å². The summed E-state index contributed by atoms with van der Waals surface area (Å²) in [6.07, 6.45) is 0.988. The summed E-state index contributed by atoms with van der Waals surface area (Å²) < 4.78 is 0. The van der Waals surface area contributed by atoms with Crippen LogP contribution >= 0.6 is 11.6 Å². The van der Waals surface area contributed by atoms with Gasteiger partial charge in [0.1, 0.15) is 5.82 Å². The quantitative estimate of drug-likeness (QED) is 0.876. The van der Waals surface area contributed by atoms with Crippen molar-refractivity contribution >= 4 is 17.5 Å². The maximum Gasteiger partial charge on any atom is 0.234 e. The normalized spacial score (nSPS) is 18.3. The fourth-order valence-electron chi connectivity index (χ4n) is 2.79. The topological polar surface area (TPSA) is 73.9 Å². The number of amides is 1. The maximum absolute atomic E-state index is 12.1. The molecule has 1 saturated heterocycles. The average Bonchev–Trinajstić information content (AvgIpc) is 3.16. The molecule has 23 heavy (non-hydrogen) atoms. The second-order valence-corrected chi connectivity index (χ2v) is 6.34. The van der Waals surface area contributed by atoms with Gasteiger partial charge in [-0.1, -0.05) is 23.7 Å². The van der Waals surface area contributed by atoms with E-state index < -0.39 is 0 Å². The molecule has 3 rings (SSSR count). The number of halogens is 1. The zero-order valence-electron chi connectivity index (χ0n) is 13.1. The number of carbonyl (C=O) groups is 1. The number of carbonyl (C=O) groups excluding carboxylic acids is 1. The third-order valence-electron chi connectivity index (χ3n) is 4.02. The first-order valence-electron chi connectivity index (χ1n) is 7.72. The summed E-state index contributed by atoms with van der Waals surface area (Å²) in [4.78, 5) is 18.6. The molecule has 0 spiro atoms. The predicted molar refractivity (Wildman–Crippen MR) is 88.2 cm³/mol. The Bertz CT molecular complexity index is 669. The van der Waals surface area contributed by atoms with Crippen LogP contribution in [-0.2, 0) is 11.3 Å². The van der Waals surface area contributed by atoms with E-state index in [0.29, 0.717) is 24.0 Å². The van der Waals surface area contributed by atoms with Gasteiger partial charge in [0.25, 0.3) is 0 Å². The second-order valence-electron chi connectivity index (χ2n) is 5.90. The lowest BCUT2D eigenvalue weighted by atomic mass is 10.1. The van der Waals surface area contributed by atoms with Crippen LogP contribution in [0.5, 0.6) is 0 Å². The minimum Gasteiger partial charge on any atom is -0.351 e. The molecule has 1 atom stereocenters. The van der Waals surface area contributed by atoms with Gasteiger partial charge < -0.3 is 5.32 Å². The van der Waals surface area contributed by atoms with Crippen LogP contribution in [0.2, 0.25) is 5.02 Å². The van der Waals surface area contributed by atoms with Gasteiger partial charge in [0.05, 0.1) is 6.54 Å². The molecule has 6 nitrogen and oxygen atoms in total. The first-order chi connectivity index (χ1) is 11.1. The first-order valence-corrected chi connectivity index (χ1v) is 8.10. The van der Waals surface area contributed by atoms with E-state index in [0.717, 1.165) is 36.7 Å². The highest BCUT2D eigenvalue weighted by Crippen LogP contribution is 2.24. The number of likely N-dealkylation sites (tertiary alicyclic amines) is 1. The monoisotopic (exact) mass is 333 g/mol. The molecular weight excluding hydrogens is 314 g/mol. The number of nitrogens with zero attached hydrogens (tertiary/aromatic N) is 3. The van der Waals surface area contributed by atoms with E-state index in [9.17, 15) is 4.79 Å². The summed E-state index contributed by atoms with van der Waals surface area (Å²) in [5, 5.41) is 10.7. The van der Waals surface area contributed by atoms with E-state index >= 15 is 0 Å². The highest BCUT2D eigenvalue weighted by atomic mass is 35.5. The van der Waals surface area contributed by atoms with Crippen LogP contribution in [0.15, 0.2) is 24.3 Å². The summed E-state index contributed by atoms with van der Waals surface area (Å²) in [6, 6.07) is 7.49. The zero-order valence-corrected chi connectivity index (χ0v) is 13.8. The number of benzene rings is 1. The Balaban J connectivity index is 1.44. The van der Waals surface area contributed by atoms with E-state index in [4.69, 9.17) is 11.6 Å². The van der Waals surface area contributed by atoms with Crippen LogP contribution in [0.4, 0.5) is 0 Å². The molecule has 1 amide bonds. The Hall–Kier alpha value is -1.92. The molecule has 0 saturated carbocycles. The van der Waals surface area contributed by atoms with Crippen molar-refractivity contribution in [2.24, 2.45) is 0 Å². The third kappa shape index (κ3) is 4.30. The zero-order chi connectivity index (χ0) is 16.2. The maximum atomic E-state index is 12.1. The van der Waals surface area contributed by atoms with Gasteiger partial charge in [-0.15, -0.1) is 0 Å². The Morgan fingerprint density at radius 1 is 1.43 bits per heavy atom. The van der Waals surface area contributed by atoms with Gasteiger partial charge in [-0.3, -0.25) is 14.8 Å². The van der Waals surface area contributed by atoms with E-state index in [-0.39, 0.29) is 5.91 Å². The van der Waals surface area contributed by atoms with Gasteiger partial charge in [-0.05, 0) is 37.6 Å². The number of hydrogen-bond donors (Lipinski definition) is 2. The number of aryl methyl sites for hydroxylation is 1. The molecule has 122 valence electrons. The van der Waals surface area contributed by atoms with Gasteiger partial charge in [-0.25, -0.2) is 4.98 Å². The van der Waals surface area contributed by atoms with Crippen molar-refractivity contribution in [1.82, 2.24) is 25.4 Å². The fourth-order valence-corrected chi connectivity index (χ4v) is 2.92. The van der Waals surface area contributed by atoms with E-state index in [2.05, 4.69) is 25.4 Å². The Kier molecular flexibility index (Phi) is 4.93. The SMILES string of the molecule is Cc1nc(C2CCN(CC(=O)NCc3ccc(Cl)cc3)C2)n[nH]1. The first kappa shape index (κ1) is 16.0. The molecule has 0 aliphatic carbocycles. The minimum atomic E-state index is 0.0340. The number of hydrogen-bond acceptors (Lipinski definition) is 4. The summed E-state index contributed by atoms with van der Waals surface area (Å²) in [5.41, 5.74) is 1.04. The molecule has 2 aromatic rings. The van der Waals surface area contributed by atoms with Gasteiger partial charge in [-0.2, -0.15) is 5.10 Å².